The topological polar surface area (TPSA) is 9.23 Å². The molecule has 0 bridgehead atoms. The number of hydrogen-bond acceptors (Lipinski definition) is 1. The highest BCUT2D eigenvalue weighted by atomic mass is 28.3. The van der Waals surface area contributed by atoms with E-state index < -0.39 is 8.07 Å². The van der Waals surface area contributed by atoms with Gasteiger partial charge in [0.25, 0.3) is 0 Å². The van der Waals surface area contributed by atoms with E-state index in [2.05, 4.69) is 19.6 Å². The van der Waals surface area contributed by atoms with Crippen LogP contribution < -0.4 is 0 Å². The lowest BCUT2D eigenvalue weighted by Gasteiger charge is -2.41. The number of hydrogen-bond donors (Lipinski definition) is 0. The van der Waals surface area contributed by atoms with Gasteiger partial charge < -0.3 is 4.74 Å². The maximum Gasteiger partial charge on any atom is 0.0571 e. The van der Waals surface area contributed by atoms with Gasteiger partial charge in [-0.15, -0.1) is 0 Å². The molecule has 0 atom stereocenters. The molecule has 1 aliphatic rings. The minimum absolute atomic E-state index is 0.594. The summed E-state index contributed by atoms with van der Waals surface area (Å²) in [7, 11) is 1.01. The third-order valence-corrected chi connectivity index (χ3v) is 5.57. The molecule has 1 rings (SSSR count). The van der Waals surface area contributed by atoms with Crippen molar-refractivity contribution in [1.29, 1.82) is 0 Å². The average molecular weight is 158 g/mol. The van der Waals surface area contributed by atoms with Crippen LogP contribution in [0.4, 0.5) is 0 Å². The second-order valence-electron chi connectivity index (χ2n) is 4.39. The van der Waals surface area contributed by atoms with Crippen LogP contribution in [0.2, 0.25) is 25.2 Å². The van der Waals surface area contributed by atoms with Crippen LogP contribution in [0.25, 0.3) is 0 Å². The van der Waals surface area contributed by atoms with E-state index in [1.54, 1.807) is 0 Å². The quantitative estimate of drug-likeness (QED) is 0.561. The highest BCUT2D eigenvalue weighted by Crippen LogP contribution is 2.42. The van der Waals surface area contributed by atoms with Gasteiger partial charge in [0.2, 0.25) is 0 Å². The monoisotopic (exact) mass is 158 g/mol. The smallest absolute Gasteiger partial charge is 0.0571 e. The minimum atomic E-state index is -0.812. The summed E-state index contributed by atoms with van der Waals surface area (Å²) < 4.78 is 5.23. The van der Waals surface area contributed by atoms with Crippen LogP contribution >= 0.6 is 0 Å². The molecule has 0 N–H and O–H groups in total. The van der Waals surface area contributed by atoms with Crippen molar-refractivity contribution in [3.05, 3.63) is 0 Å². The zero-order valence-corrected chi connectivity index (χ0v) is 8.48. The molecule has 60 valence electrons. The predicted molar refractivity (Wildman–Crippen MR) is 47.1 cm³/mol. The van der Waals surface area contributed by atoms with E-state index in [9.17, 15) is 0 Å². The van der Waals surface area contributed by atoms with E-state index in [0.717, 1.165) is 5.54 Å². The summed E-state index contributed by atoms with van der Waals surface area (Å²) in [4.78, 5) is 0. The first-order valence-electron chi connectivity index (χ1n) is 4.07. The van der Waals surface area contributed by atoms with Gasteiger partial charge in [0.05, 0.1) is 6.10 Å². The molecule has 1 aliphatic carbocycles. The Morgan fingerprint density at radius 1 is 1.20 bits per heavy atom. The van der Waals surface area contributed by atoms with E-state index in [-0.39, 0.29) is 0 Å². The van der Waals surface area contributed by atoms with Crippen molar-refractivity contribution in [3.8, 4) is 0 Å². The van der Waals surface area contributed by atoms with Crippen LogP contribution in [-0.2, 0) is 4.74 Å². The molecular formula is C8H18OSi. The zero-order valence-electron chi connectivity index (χ0n) is 7.48. The molecule has 2 heteroatoms. The molecule has 0 aliphatic heterocycles. The number of rotatable bonds is 2. The maximum atomic E-state index is 5.23. The zero-order chi connectivity index (χ0) is 7.78. The van der Waals surface area contributed by atoms with Gasteiger partial charge in [0.1, 0.15) is 0 Å². The van der Waals surface area contributed by atoms with Gasteiger partial charge in [-0.1, -0.05) is 19.6 Å². The van der Waals surface area contributed by atoms with E-state index in [1.165, 1.54) is 12.8 Å². The Labute approximate surface area is 64.8 Å². The van der Waals surface area contributed by atoms with Crippen LogP contribution in [0.1, 0.15) is 12.8 Å². The third-order valence-electron chi connectivity index (χ3n) is 2.65. The molecule has 1 nitrogen and oxygen atoms in total. The summed E-state index contributed by atoms with van der Waals surface area (Å²) >= 11 is 0. The summed E-state index contributed by atoms with van der Waals surface area (Å²) in [5, 5.41) is 0. The standard InChI is InChI=1S/C8H18OSi/c1-9-7-5-8(6-7)10(2,3)4/h7-8H,5-6H2,1-4H3. The fourth-order valence-corrected chi connectivity index (χ4v) is 3.41. The summed E-state index contributed by atoms with van der Waals surface area (Å²) in [6.07, 6.45) is 3.25. The van der Waals surface area contributed by atoms with Gasteiger partial charge in [-0.05, 0) is 18.4 Å². The highest BCUT2D eigenvalue weighted by molar-refractivity contribution is 6.77. The second-order valence-corrected chi connectivity index (χ2v) is 9.94. The Hall–Kier alpha value is 0.177. The van der Waals surface area contributed by atoms with Gasteiger partial charge in [-0.3, -0.25) is 0 Å². The largest absolute Gasteiger partial charge is 0.381 e. The molecule has 1 fully saturated rings. The molecule has 0 spiro atoms. The lowest BCUT2D eigenvalue weighted by atomic mass is 9.95. The van der Waals surface area contributed by atoms with Gasteiger partial charge in [-0.25, -0.2) is 0 Å². The summed E-state index contributed by atoms with van der Waals surface area (Å²) in [6.45, 7) is 7.34. The lowest BCUT2D eigenvalue weighted by Crippen LogP contribution is -2.40. The first kappa shape index (κ1) is 8.28. The third kappa shape index (κ3) is 1.61. The van der Waals surface area contributed by atoms with Gasteiger partial charge in [0.15, 0.2) is 0 Å². The van der Waals surface area contributed by atoms with Crippen molar-refractivity contribution >= 4 is 8.07 Å². The van der Waals surface area contributed by atoms with Gasteiger partial charge in [-0.2, -0.15) is 0 Å². The second kappa shape index (κ2) is 2.66. The summed E-state index contributed by atoms with van der Waals surface area (Å²) in [5.74, 6) is 0. The fourth-order valence-electron chi connectivity index (χ4n) is 1.47. The Balaban J connectivity index is 2.26. The van der Waals surface area contributed by atoms with Crippen molar-refractivity contribution in [2.24, 2.45) is 0 Å². The summed E-state index contributed by atoms with van der Waals surface area (Å²) in [5.41, 5.74) is 1.03. The van der Waals surface area contributed by atoms with Crippen molar-refractivity contribution < 1.29 is 4.74 Å². The Bertz CT molecular complexity index is 111. The van der Waals surface area contributed by atoms with Crippen LogP contribution in [0.5, 0.6) is 0 Å². The highest BCUT2D eigenvalue weighted by Gasteiger charge is 2.38. The lowest BCUT2D eigenvalue weighted by molar-refractivity contribution is 0.0397. The molecule has 0 aromatic rings. The molecule has 0 radical (unpaired) electrons. The Morgan fingerprint density at radius 3 is 2.00 bits per heavy atom. The molecule has 0 heterocycles. The molecular weight excluding hydrogens is 140 g/mol. The van der Waals surface area contributed by atoms with Crippen molar-refractivity contribution in [3.63, 3.8) is 0 Å². The molecule has 0 amide bonds. The van der Waals surface area contributed by atoms with Crippen LogP contribution in [-0.4, -0.2) is 21.3 Å². The van der Waals surface area contributed by atoms with Gasteiger partial charge >= 0.3 is 0 Å². The molecule has 10 heavy (non-hydrogen) atoms. The number of methoxy groups -OCH3 is 1. The molecule has 0 aromatic carbocycles. The van der Waals surface area contributed by atoms with E-state index in [0.29, 0.717) is 6.10 Å². The van der Waals surface area contributed by atoms with E-state index >= 15 is 0 Å². The van der Waals surface area contributed by atoms with Crippen molar-refractivity contribution in [2.45, 2.75) is 44.1 Å². The molecule has 0 saturated heterocycles. The Morgan fingerprint density at radius 2 is 1.70 bits per heavy atom. The fraction of sp³-hybridized carbons (Fsp3) is 1.00. The Kier molecular flexibility index (Phi) is 2.20. The van der Waals surface area contributed by atoms with Crippen molar-refractivity contribution in [1.82, 2.24) is 0 Å². The van der Waals surface area contributed by atoms with E-state index in [4.69, 9.17) is 4.74 Å². The van der Waals surface area contributed by atoms with Crippen LogP contribution in [0.3, 0.4) is 0 Å². The minimum Gasteiger partial charge on any atom is -0.381 e. The predicted octanol–water partition coefficient (Wildman–Crippen LogP) is 2.50. The van der Waals surface area contributed by atoms with Crippen molar-refractivity contribution in [2.75, 3.05) is 7.11 Å². The maximum absolute atomic E-state index is 5.23. The first-order valence-corrected chi connectivity index (χ1v) is 7.64. The summed E-state index contributed by atoms with van der Waals surface area (Å²) in [6, 6.07) is 0. The molecule has 1 saturated carbocycles. The molecule has 0 aromatic heterocycles. The van der Waals surface area contributed by atoms with Crippen LogP contribution in [0, 0.1) is 0 Å². The average Bonchev–Trinajstić information content (AvgIpc) is 1.57. The van der Waals surface area contributed by atoms with Gasteiger partial charge in [0, 0.05) is 15.2 Å². The van der Waals surface area contributed by atoms with Crippen LogP contribution in [0.15, 0.2) is 0 Å². The number of ether oxygens (including phenoxy) is 1. The van der Waals surface area contributed by atoms with E-state index in [1.807, 2.05) is 7.11 Å². The SMILES string of the molecule is COC1CC([Si](C)(C)C)C1. The molecule has 0 unspecified atom stereocenters. The normalized spacial score (nSPS) is 33.6. The first-order chi connectivity index (χ1) is 4.54.